The standard InChI is InChI=1S/C26H22Cl2N2O4/c1-16-23(25(31)34-14-17-6-3-2-4-7-17)24(30-26(32)29-16)18-10-12-19(13-11-18)33-15-20-21(27)8-5-9-22(20)28/h2-13,24H,14-15H2,1H3,(H2,29,30,32). The number of halogens is 2. The molecule has 2 N–H and O–H groups in total. The highest BCUT2D eigenvalue weighted by molar-refractivity contribution is 6.35. The number of ether oxygens (including phenoxy) is 2. The monoisotopic (exact) mass is 496 g/mol. The number of urea groups is 1. The molecule has 1 aliphatic rings. The van der Waals surface area contributed by atoms with Crippen molar-refractivity contribution in [2.45, 2.75) is 26.2 Å². The normalized spacial score (nSPS) is 15.4. The molecule has 2 amide bonds. The van der Waals surface area contributed by atoms with Gasteiger partial charge in [0, 0.05) is 21.3 Å². The van der Waals surface area contributed by atoms with Gasteiger partial charge in [0.25, 0.3) is 0 Å². The highest BCUT2D eigenvalue weighted by Crippen LogP contribution is 2.30. The number of allylic oxidation sites excluding steroid dienone is 1. The predicted molar refractivity (Wildman–Crippen MR) is 131 cm³/mol. The van der Waals surface area contributed by atoms with Crippen molar-refractivity contribution in [1.82, 2.24) is 10.6 Å². The van der Waals surface area contributed by atoms with Crippen molar-refractivity contribution in [2.75, 3.05) is 0 Å². The Balaban J connectivity index is 1.49. The summed E-state index contributed by atoms with van der Waals surface area (Å²) >= 11 is 12.4. The van der Waals surface area contributed by atoms with Gasteiger partial charge in [0.05, 0.1) is 11.6 Å². The van der Waals surface area contributed by atoms with E-state index in [-0.39, 0.29) is 13.2 Å². The van der Waals surface area contributed by atoms with Crippen LogP contribution in [0.3, 0.4) is 0 Å². The van der Waals surface area contributed by atoms with Crippen molar-refractivity contribution in [1.29, 1.82) is 0 Å². The smallest absolute Gasteiger partial charge is 0.338 e. The second-order valence-electron chi connectivity index (χ2n) is 7.69. The molecule has 0 spiro atoms. The van der Waals surface area contributed by atoms with Crippen LogP contribution in [0.5, 0.6) is 5.75 Å². The fourth-order valence-electron chi connectivity index (χ4n) is 3.60. The molecule has 3 aromatic carbocycles. The lowest BCUT2D eigenvalue weighted by molar-refractivity contribution is -0.140. The third-order valence-electron chi connectivity index (χ3n) is 5.36. The number of amides is 2. The number of carbonyl (C=O) groups excluding carboxylic acids is 2. The van der Waals surface area contributed by atoms with Crippen molar-refractivity contribution in [3.05, 3.63) is 111 Å². The zero-order valence-electron chi connectivity index (χ0n) is 18.3. The molecule has 0 radical (unpaired) electrons. The van der Waals surface area contributed by atoms with Crippen LogP contribution in [0, 0.1) is 0 Å². The summed E-state index contributed by atoms with van der Waals surface area (Å²) < 4.78 is 11.3. The van der Waals surface area contributed by atoms with E-state index in [1.54, 1.807) is 49.4 Å². The maximum Gasteiger partial charge on any atom is 0.338 e. The SMILES string of the molecule is CC1=C(C(=O)OCc2ccccc2)C(c2ccc(OCc3c(Cl)cccc3Cl)cc2)NC(=O)N1. The highest BCUT2D eigenvalue weighted by atomic mass is 35.5. The van der Waals surface area contributed by atoms with E-state index in [1.165, 1.54) is 0 Å². The summed E-state index contributed by atoms with van der Waals surface area (Å²) in [6.07, 6.45) is 0. The number of carbonyl (C=O) groups is 2. The van der Waals surface area contributed by atoms with Gasteiger partial charge in [0.15, 0.2) is 0 Å². The van der Waals surface area contributed by atoms with Gasteiger partial charge in [0.1, 0.15) is 19.0 Å². The Bertz CT molecular complexity index is 1210. The van der Waals surface area contributed by atoms with Crippen molar-refractivity contribution in [3.63, 3.8) is 0 Å². The fraction of sp³-hybridized carbons (Fsp3) is 0.154. The summed E-state index contributed by atoms with van der Waals surface area (Å²) in [5.74, 6) is 0.0847. The molecular formula is C26H22Cl2N2O4. The van der Waals surface area contributed by atoms with E-state index in [9.17, 15) is 9.59 Å². The van der Waals surface area contributed by atoms with Crippen LogP contribution in [-0.4, -0.2) is 12.0 Å². The Morgan fingerprint density at radius 2 is 1.59 bits per heavy atom. The minimum atomic E-state index is -0.663. The van der Waals surface area contributed by atoms with E-state index in [4.69, 9.17) is 32.7 Å². The van der Waals surface area contributed by atoms with E-state index < -0.39 is 18.0 Å². The van der Waals surface area contributed by atoms with Crippen LogP contribution in [0.25, 0.3) is 0 Å². The van der Waals surface area contributed by atoms with Gasteiger partial charge in [-0.05, 0) is 42.3 Å². The molecule has 3 aromatic rings. The fourth-order valence-corrected chi connectivity index (χ4v) is 4.10. The number of hydrogen-bond acceptors (Lipinski definition) is 4. The van der Waals surface area contributed by atoms with Gasteiger partial charge in [0.2, 0.25) is 0 Å². The molecule has 0 saturated heterocycles. The summed E-state index contributed by atoms with van der Waals surface area (Å²) in [5.41, 5.74) is 3.07. The molecule has 1 aliphatic heterocycles. The average molecular weight is 497 g/mol. The van der Waals surface area contributed by atoms with Crippen molar-refractivity contribution in [2.24, 2.45) is 0 Å². The zero-order valence-corrected chi connectivity index (χ0v) is 19.8. The van der Waals surface area contributed by atoms with Crippen LogP contribution < -0.4 is 15.4 Å². The number of nitrogens with one attached hydrogen (secondary N) is 2. The lowest BCUT2D eigenvalue weighted by Gasteiger charge is -2.28. The van der Waals surface area contributed by atoms with Crippen molar-refractivity contribution < 1.29 is 19.1 Å². The first kappa shape index (κ1) is 23.7. The Hall–Kier alpha value is -3.48. The molecular weight excluding hydrogens is 475 g/mol. The molecule has 1 atom stereocenters. The first-order chi connectivity index (χ1) is 16.4. The zero-order chi connectivity index (χ0) is 24.1. The molecule has 8 heteroatoms. The lowest BCUT2D eigenvalue weighted by atomic mass is 9.95. The maximum atomic E-state index is 12.9. The second kappa shape index (κ2) is 10.6. The van der Waals surface area contributed by atoms with Crippen LogP contribution in [0.2, 0.25) is 10.0 Å². The molecule has 174 valence electrons. The van der Waals surface area contributed by atoms with Gasteiger partial charge in [-0.3, -0.25) is 0 Å². The predicted octanol–water partition coefficient (Wildman–Crippen LogP) is 5.94. The van der Waals surface area contributed by atoms with Crippen molar-refractivity contribution >= 4 is 35.2 Å². The van der Waals surface area contributed by atoms with Gasteiger partial charge in [-0.2, -0.15) is 0 Å². The highest BCUT2D eigenvalue weighted by Gasteiger charge is 2.32. The second-order valence-corrected chi connectivity index (χ2v) is 8.50. The van der Waals surface area contributed by atoms with E-state index in [0.717, 1.165) is 5.56 Å². The van der Waals surface area contributed by atoms with Crippen LogP contribution in [0.1, 0.15) is 29.7 Å². The summed E-state index contributed by atoms with van der Waals surface area (Å²) in [5, 5.41) is 6.50. The van der Waals surface area contributed by atoms with Gasteiger partial charge >= 0.3 is 12.0 Å². The Morgan fingerprint density at radius 1 is 0.912 bits per heavy atom. The molecule has 1 unspecified atom stereocenters. The molecule has 0 saturated carbocycles. The van der Waals surface area contributed by atoms with Gasteiger partial charge < -0.3 is 20.1 Å². The first-order valence-electron chi connectivity index (χ1n) is 10.6. The lowest BCUT2D eigenvalue weighted by Crippen LogP contribution is -2.45. The first-order valence-corrected chi connectivity index (χ1v) is 11.3. The van der Waals surface area contributed by atoms with Gasteiger partial charge in [-0.25, -0.2) is 9.59 Å². The van der Waals surface area contributed by atoms with E-state index >= 15 is 0 Å². The number of esters is 1. The largest absolute Gasteiger partial charge is 0.489 e. The molecule has 4 rings (SSSR count). The van der Waals surface area contributed by atoms with Crippen molar-refractivity contribution in [3.8, 4) is 5.75 Å². The van der Waals surface area contributed by atoms with E-state index in [2.05, 4.69) is 10.6 Å². The van der Waals surface area contributed by atoms with E-state index in [1.807, 2.05) is 30.3 Å². The van der Waals surface area contributed by atoms with Crippen LogP contribution in [-0.2, 0) is 22.7 Å². The van der Waals surface area contributed by atoms with Gasteiger partial charge in [-0.15, -0.1) is 0 Å². The Morgan fingerprint density at radius 3 is 2.26 bits per heavy atom. The van der Waals surface area contributed by atoms with Crippen LogP contribution >= 0.6 is 23.2 Å². The quantitative estimate of drug-likeness (QED) is 0.396. The maximum absolute atomic E-state index is 12.9. The summed E-state index contributed by atoms with van der Waals surface area (Å²) in [7, 11) is 0. The third kappa shape index (κ3) is 5.53. The van der Waals surface area contributed by atoms with Crippen LogP contribution in [0.4, 0.5) is 4.79 Å². The van der Waals surface area contributed by atoms with E-state index in [0.29, 0.717) is 38.2 Å². The minimum absolute atomic E-state index is 0.133. The summed E-state index contributed by atoms with van der Waals surface area (Å²) in [6.45, 7) is 2.02. The molecule has 0 aromatic heterocycles. The van der Waals surface area contributed by atoms with Gasteiger partial charge in [-0.1, -0.05) is 71.7 Å². The Kier molecular flexibility index (Phi) is 7.40. The minimum Gasteiger partial charge on any atom is -0.489 e. The summed E-state index contributed by atoms with van der Waals surface area (Å²) in [6, 6.07) is 20.7. The summed E-state index contributed by atoms with van der Waals surface area (Å²) in [4.78, 5) is 25.1. The average Bonchev–Trinajstić information content (AvgIpc) is 2.83. The van der Waals surface area contributed by atoms with Crippen LogP contribution in [0.15, 0.2) is 84.1 Å². The molecule has 34 heavy (non-hydrogen) atoms. The Labute approximate surface area is 207 Å². The number of hydrogen-bond donors (Lipinski definition) is 2. The third-order valence-corrected chi connectivity index (χ3v) is 6.07. The number of benzene rings is 3. The molecule has 1 heterocycles. The number of rotatable bonds is 7. The molecule has 0 bridgehead atoms. The molecule has 0 aliphatic carbocycles. The molecule has 0 fully saturated rings. The topological polar surface area (TPSA) is 76.7 Å². The molecule has 6 nitrogen and oxygen atoms in total.